The molecule has 4 aromatic carbocycles. The largest absolute Gasteiger partial charge is 0.497 e. The first kappa shape index (κ1) is 60.9. The van der Waals surface area contributed by atoms with Gasteiger partial charge in [-0.15, -0.1) is 0 Å². The lowest BCUT2D eigenvalue weighted by atomic mass is 9.82. The van der Waals surface area contributed by atoms with Gasteiger partial charge in [0.1, 0.15) is 24.6 Å². The van der Waals surface area contributed by atoms with Crippen LogP contribution in [-0.2, 0) is 42.4 Å². The SMILES string of the molecule is CNCCCCCNC(=O)Cn1c(-c2ccc(OC)cc2)c(C2CCCCC2)c2ccc(C(=O)OC)cc21.COC(=O)c1ccc2c(C3CCCCC3)c(-c3ccc(OC)cc3)n(CC(=O)NCCCCCN(C)S(N)(=O)=O)c2c1. The van der Waals surface area contributed by atoms with Gasteiger partial charge in [0.05, 0.1) is 62.0 Å². The number of carbonyl (C=O) groups excluding carboxylic acids is 4. The summed E-state index contributed by atoms with van der Waals surface area (Å²) in [4.78, 5) is 51.5. The monoisotopic (exact) mass is 1120 g/mol. The maximum absolute atomic E-state index is 13.3. The molecule has 2 aliphatic rings. The van der Waals surface area contributed by atoms with E-state index in [0.717, 1.165) is 131 Å². The van der Waals surface area contributed by atoms with E-state index in [0.29, 0.717) is 55.4 Å². The quantitative estimate of drug-likeness (QED) is 0.0313. The Balaban J connectivity index is 0.000000232. The van der Waals surface area contributed by atoms with Gasteiger partial charge in [-0.2, -0.15) is 12.7 Å². The van der Waals surface area contributed by atoms with E-state index in [4.69, 9.17) is 24.1 Å². The predicted molar refractivity (Wildman–Crippen MR) is 316 cm³/mol. The smallest absolute Gasteiger partial charge is 0.337 e. The Bertz CT molecular complexity index is 3140. The van der Waals surface area contributed by atoms with Crippen LogP contribution < -0.4 is 30.6 Å². The lowest BCUT2D eigenvalue weighted by molar-refractivity contribution is -0.122. The molecule has 0 atom stereocenters. The molecule has 6 aromatic rings. The molecule has 0 bridgehead atoms. The lowest BCUT2D eigenvalue weighted by Crippen LogP contribution is -2.34. The summed E-state index contributed by atoms with van der Waals surface area (Å²) in [5.41, 5.74) is 9.21. The fourth-order valence-corrected chi connectivity index (χ4v) is 11.9. The van der Waals surface area contributed by atoms with Crippen LogP contribution in [0.5, 0.6) is 11.5 Å². The van der Waals surface area contributed by atoms with E-state index in [1.165, 1.54) is 58.1 Å². The predicted octanol–water partition coefficient (Wildman–Crippen LogP) is 10.2. The summed E-state index contributed by atoms with van der Waals surface area (Å²) in [6, 6.07) is 27.3. The fraction of sp³-hybridized carbons (Fsp3) is 0.484. The highest BCUT2D eigenvalue weighted by atomic mass is 32.2. The fourth-order valence-electron chi connectivity index (χ4n) is 11.5. The lowest BCUT2D eigenvalue weighted by Gasteiger charge is -2.24. The van der Waals surface area contributed by atoms with Gasteiger partial charge in [0.2, 0.25) is 11.8 Å². The minimum atomic E-state index is -3.68. The standard InChI is InChI=1S/C31H42N4O6S.C31H41N3O4/c1-34(42(32,38)39)19-9-5-8-18-33-28(36)21-35-27-20-24(31(37)41-3)14-17-26(27)29(22-10-6-4-7-11-22)30(35)23-12-15-25(40-2)16-13-23;1-32-18-8-5-9-19-33-28(35)21-34-27-20-24(31(36)38-3)14-17-26(27)29(22-10-6-4-7-11-22)30(34)23-12-15-25(37-2)16-13-23/h12-17,20,22H,4-11,18-19,21H2,1-3H3,(H,33,36)(H2,32,38,39);12-17,20,22,32H,4-11,18-19,21H2,1-3H3,(H,33,35). The highest BCUT2D eigenvalue weighted by molar-refractivity contribution is 7.86. The number of nitrogens with zero attached hydrogens (tertiary/aromatic N) is 3. The molecular weight excluding hydrogens is 1030 g/mol. The third-order valence-electron chi connectivity index (χ3n) is 15.7. The van der Waals surface area contributed by atoms with Gasteiger partial charge in [-0.3, -0.25) is 9.59 Å². The van der Waals surface area contributed by atoms with Crippen molar-refractivity contribution in [3.63, 3.8) is 0 Å². The molecule has 17 nitrogen and oxygen atoms in total. The molecule has 432 valence electrons. The average Bonchev–Trinajstić information content (AvgIpc) is 4.17. The summed E-state index contributed by atoms with van der Waals surface area (Å²) in [5, 5.41) is 16.6. The molecule has 8 rings (SSSR count). The van der Waals surface area contributed by atoms with Crippen molar-refractivity contribution in [3.05, 3.63) is 107 Å². The maximum Gasteiger partial charge on any atom is 0.337 e. The van der Waals surface area contributed by atoms with Gasteiger partial charge in [-0.25, -0.2) is 14.7 Å². The van der Waals surface area contributed by atoms with Gasteiger partial charge in [0.25, 0.3) is 10.2 Å². The Morgan fingerprint density at radius 1 is 0.562 bits per heavy atom. The summed E-state index contributed by atoms with van der Waals surface area (Å²) in [6.45, 7) is 2.72. The summed E-state index contributed by atoms with van der Waals surface area (Å²) in [6.07, 6.45) is 16.8. The van der Waals surface area contributed by atoms with Crippen LogP contribution in [0.1, 0.15) is 146 Å². The molecule has 0 spiro atoms. The highest BCUT2D eigenvalue weighted by Gasteiger charge is 2.30. The van der Waals surface area contributed by atoms with Crippen molar-refractivity contribution in [2.45, 2.75) is 128 Å². The molecule has 0 saturated heterocycles. The number of carbonyl (C=O) groups is 4. The number of aromatic nitrogens is 2. The van der Waals surface area contributed by atoms with Crippen molar-refractivity contribution in [1.29, 1.82) is 0 Å². The molecule has 2 heterocycles. The number of rotatable bonds is 25. The number of fused-ring (bicyclic) bond motifs is 2. The van der Waals surface area contributed by atoms with Crippen LogP contribution in [0.25, 0.3) is 44.3 Å². The first-order valence-electron chi connectivity index (χ1n) is 28.4. The minimum absolute atomic E-state index is 0.0241. The van der Waals surface area contributed by atoms with Crippen molar-refractivity contribution < 1.29 is 46.5 Å². The molecule has 2 aliphatic carbocycles. The van der Waals surface area contributed by atoms with E-state index in [2.05, 4.69) is 32.7 Å². The van der Waals surface area contributed by atoms with E-state index < -0.39 is 16.2 Å². The van der Waals surface area contributed by atoms with Crippen LogP contribution in [0.2, 0.25) is 0 Å². The minimum Gasteiger partial charge on any atom is -0.497 e. The molecule has 0 aliphatic heterocycles. The van der Waals surface area contributed by atoms with Crippen molar-refractivity contribution in [1.82, 2.24) is 29.4 Å². The second-order valence-corrected chi connectivity index (χ2v) is 22.7. The number of amides is 2. The molecule has 80 heavy (non-hydrogen) atoms. The van der Waals surface area contributed by atoms with E-state index in [1.54, 1.807) is 20.3 Å². The number of benzene rings is 4. The molecule has 2 fully saturated rings. The normalized spacial score (nSPS) is 14.2. The number of hydrogen-bond acceptors (Lipinski definition) is 11. The Morgan fingerprint density at radius 3 is 1.34 bits per heavy atom. The molecular formula is C62H83N7O10S. The van der Waals surface area contributed by atoms with E-state index in [9.17, 15) is 27.6 Å². The van der Waals surface area contributed by atoms with Crippen LogP contribution in [-0.4, -0.2) is 114 Å². The molecule has 2 amide bonds. The third kappa shape index (κ3) is 15.6. The van der Waals surface area contributed by atoms with Gasteiger partial charge >= 0.3 is 11.9 Å². The van der Waals surface area contributed by atoms with Gasteiger partial charge < -0.3 is 44.0 Å². The van der Waals surface area contributed by atoms with E-state index >= 15 is 0 Å². The Morgan fingerprint density at radius 2 is 0.963 bits per heavy atom. The van der Waals surface area contributed by atoms with Gasteiger partial charge in [-0.1, -0.05) is 63.5 Å². The van der Waals surface area contributed by atoms with E-state index in [-0.39, 0.29) is 30.9 Å². The molecule has 0 unspecified atom stereocenters. The summed E-state index contributed by atoms with van der Waals surface area (Å²) in [7, 11) is 5.78. The third-order valence-corrected chi connectivity index (χ3v) is 16.8. The van der Waals surface area contributed by atoms with Crippen LogP contribution >= 0.6 is 0 Å². The molecule has 0 radical (unpaired) electrons. The number of ether oxygens (including phenoxy) is 4. The van der Waals surface area contributed by atoms with Crippen LogP contribution in [0.3, 0.4) is 0 Å². The van der Waals surface area contributed by atoms with Gasteiger partial charge in [0.15, 0.2) is 0 Å². The first-order valence-corrected chi connectivity index (χ1v) is 29.9. The van der Waals surface area contributed by atoms with Gasteiger partial charge in [0, 0.05) is 37.5 Å². The van der Waals surface area contributed by atoms with Crippen LogP contribution in [0.4, 0.5) is 0 Å². The van der Waals surface area contributed by atoms with Crippen molar-refractivity contribution in [3.8, 4) is 34.0 Å². The topological polar surface area (TPSA) is 215 Å². The van der Waals surface area contributed by atoms with Crippen molar-refractivity contribution in [2.75, 3.05) is 68.7 Å². The van der Waals surface area contributed by atoms with Gasteiger partial charge in [-0.05, 0) is 172 Å². The highest BCUT2D eigenvalue weighted by Crippen LogP contribution is 2.46. The summed E-state index contributed by atoms with van der Waals surface area (Å²) < 4.78 is 48.8. The molecule has 5 N–H and O–H groups in total. The molecule has 2 saturated carbocycles. The summed E-state index contributed by atoms with van der Waals surface area (Å²) in [5.74, 6) is 1.33. The van der Waals surface area contributed by atoms with Crippen molar-refractivity contribution in [2.24, 2.45) is 5.14 Å². The first-order chi connectivity index (χ1) is 38.7. The number of methoxy groups -OCH3 is 4. The zero-order valence-corrected chi connectivity index (χ0v) is 48.5. The number of nitrogens with two attached hydrogens (primary N) is 1. The number of esters is 2. The van der Waals surface area contributed by atoms with Crippen LogP contribution in [0, 0.1) is 0 Å². The average molecular weight is 1120 g/mol. The Kier molecular flexibility index (Phi) is 22.6. The maximum atomic E-state index is 13.3. The number of unbranched alkanes of at least 4 members (excludes halogenated alkanes) is 4. The molecule has 18 heteroatoms. The second kappa shape index (κ2) is 29.6. The van der Waals surface area contributed by atoms with Crippen LogP contribution in [0.15, 0.2) is 84.9 Å². The Labute approximate surface area is 472 Å². The second-order valence-electron chi connectivity index (χ2n) is 21.1. The Hall–Kier alpha value is -6.73. The number of nitrogens with one attached hydrogen (secondary N) is 3. The van der Waals surface area contributed by atoms with E-state index in [1.807, 2.05) is 78.3 Å². The van der Waals surface area contributed by atoms with Crippen molar-refractivity contribution >= 4 is 55.8 Å². The zero-order valence-electron chi connectivity index (χ0n) is 47.7. The zero-order chi connectivity index (χ0) is 57.2. The number of hydrogen-bond donors (Lipinski definition) is 4. The molecule has 2 aromatic heterocycles. The summed E-state index contributed by atoms with van der Waals surface area (Å²) >= 11 is 0.